The lowest BCUT2D eigenvalue weighted by Crippen LogP contribution is -2.04. The predicted molar refractivity (Wildman–Crippen MR) is 236 cm³/mol. The van der Waals surface area contributed by atoms with Crippen molar-refractivity contribution in [2.24, 2.45) is 0 Å². The van der Waals surface area contributed by atoms with Crippen LogP contribution in [0.5, 0.6) is 0 Å². The third-order valence-corrected chi connectivity index (χ3v) is 11.9. The van der Waals surface area contributed by atoms with Crippen LogP contribution in [0, 0.1) is 0 Å². The molecule has 0 aliphatic rings. The second-order valence-corrected chi connectivity index (χ2v) is 14.9. The highest BCUT2D eigenvalue weighted by molar-refractivity contribution is 6.24. The van der Waals surface area contributed by atoms with E-state index in [4.69, 9.17) is 14.4 Å². The maximum Gasteiger partial charge on any atom is 0.165 e. The van der Waals surface area contributed by atoms with Crippen LogP contribution < -0.4 is 0 Å². The Labute approximate surface area is 325 Å². The Kier molecular flexibility index (Phi) is 6.10. The van der Waals surface area contributed by atoms with Crippen LogP contribution in [0.2, 0.25) is 0 Å². The van der Waals surface area contributed by atoms with Gasteiger partial charge in [0.1, 0.15) is 16.9 Å². The number of para-hydroxylation sites is 3. The maximum atomic E-state index is 6.39. The molecule has 0 aliphatic heterocycles. The number of fused-ring (bicyclic) bond motifs is 15. The van der Waals surface area contributed by atoms with Crippen molar-refractivity contribution in [3.63, 3.8) is 0 Å². The maximum absolute atomic E-state index is 6.39. The van der Waals surface area contributed by atoms with Gasteiger partial charge in [-0.15, -0.1) is 0 Å². The Balaban J connectivity index is 1.16. The van der Waals surface area contributed by atoms with Crippen LogP contribution in [0.25, 0.3) is 121 Å². The fourth-order valence-electron chi connectivity index (χ4n) is 9.39. The van der Waals surface area contributed by atoms with E-state index in [1.165, 1.54) is 21.5 Å². The number of benzene rings is 9. The van der Waals surface area contributed by atoms with Crippen LogP contribution in [-0.4, -0.2) is 19.1 Å². The van der Waals surface area contributed by atoms with Gasteiger partial charge in [0, 0.05) is 60.4 Å². The van der Waals surface area contributed by atoms with Crippen molar-refractivity contribution in [1.29, 1.82) is 0 Å². The SMILES string of the molecule is c1ccc(-c2nc3c4ccccc4c4ccccc4c3nc2-n2c3ccccc3c3cc4c(cc32)c2ccccc2n4-c2ccc3c(c2)oc2ccccc23)cc1. The van der Waals surface area contributed by atoms with Gasteiger partial charge in [0.25, 0.3) is 0 Å². The molecule has 57 heavy (non-hydrogen) atoms. The lowest BCUT2D eigenvalue weighted by Gasteiger charge is -2.16. The summed E-state index contributed by atoms with van der Waals surface area (Å²) in [4.78, 5) is 11.3. The first-order chi connectivity index (χ1) is 28.3. The fraction of sp³-hybridized carbons (Fsp3) is 0. The highest BCUT2D eigenvalue weighted by Crippen LogP contribution is 2.43. The van der Waals surface area contributed by atoms with Crippen molar-refractivity contribution >= 4 is 98.1 Å². The lowest BCUT2D eigenvalue weighted by atomic mass is 9.99. The molecule has 0 saturated carbocycles. The number of hydrogen-bond acceptors (Lipinski definition) is 3. The summed E-state index contributed by atoms with van der Waals surface area (Å²) in [5.41, 5.74) is 10.9. The smallest absolute Gasteiger partial charge is 0.165 e. The molecule has 0 fully saturated rings. The summed E-state index contributed by atoms with van der Waals surface area (Å²) >= 11 is 0. The third kappa shape index (κ3) is 4.23. The molecular weight excluding hydrogens is 697 g/mol. The van der Waals surface area contributed by atoms with Crippen LogP contribution in [0.4, 0.5) is 0 Å². The Morgan fingerprint density at radius 1 is 0.333 bits per heavy atom. The normalized spacial score (nSPS) is 12.2. The van der Waals surface area contributed by atoms with Gasteiger partial charge in [-0.05, 0) is 53.2 Å². The van der Waals surface area contributed by atoms with Crippen LogP contribution in [-0.2, 0) is 0 Å². The number of aromatic nitrogens is 4. The number of nitrogens with zero attached hydrogens (tertiary/aromatic N) is 4. The zero-order chi connectivity index (χ0) is 37.2. The van der Waals surface area contributed by atoms with Gasteiger partial charge >= 0.3 is 0 Å². The number of rotatable bonds is 3. The van der Waals surface area contributed by atoms with E-state index in [-0.39, 0.29) is 0 Å². The zero-order valence-electron chi connectivity index (χ0n) is 30.5. The minimum absolute atomic E-state index is 0.804. The van der Waals surface area contributed by atoms with E-state index in [1.807, 2.05) is 12.1 Å². The Bertz CT molecular complexity index is 3810. The summed E-state index contributed by atoms with van der Waals surface area (Å²) in [5, 5.41) is 11.4. The van der Waals surface area contributed by atoms with Gasteiger partial charge in [-0.2, -0.15) is 0 Å². The molecule has 4 heterocycles. The van der Waals surface area contributed by atoms with Crippen LogP contribution in [0.1, 0.15) is 0 Å². The molecule has 13 aromatic rings. The average Bonchev–Trinajstić information content (AvgIpc) is 3.92. The highest BCUT2D eigenvalue weighted by Gasteiger charge is 2.23. The van der Waals surface area contributed by atoms with Gasteiger partial charge in [0.2, 0.25) is 0 Å². The fourth-order valence-corrected chi connectivity index (χ4v) is 9.39. The van der Waals surface area contributed by atoms with Crippen molar-refractivity contribution in [2.75, 3.05) is 0 Å². The second-order valence-electron chi connectivity index (χ2n) is 14.9. The summed E-state index contributed by atoms with van der Waals surface area (Å²) in [6, 6.07) is 64.6. The minimum atomic E-state index is 0.804. The summed E-state index contributed by atoms with van der Waals surface area (Å²) in [6.45, 7) is 0. The number of furan rings is 1. The largest absolute Gasteiger partial charge is 0.456 e. The van der Waals surface area contributed by atoms with E-state index in [2.05, 4.69) is 179 Å². The Hall–Kier alpha value is -7.76. The van der Waals surface area contributed by atoms with E-state index in [9.17, 15) is 0 Å². The number of hydrogen-bond donors (Lipinski definition) is 0. The van der Waals surface area contributed by atoms with Crippen LogP contribution in [0.3, 0.4) is 0 Å². The molecule has 5 nitrogen and oxygen atoms in total. The molecule has 0 atom stereocenters. The summed E-state index contributed by atoms with van der Waals surface area (Å²) in [5.74, 6) is 0.804. The van der Waals surface area contributed by atoms with Gasteiger partial charge in [-0.1, -0.05) is 133 Å². The van der Waals surface area contributed by atoms with Crippen molar-refractivity contribution < 1.29 is 4.42 Å². The quantitative estimate of drug-likeness (QED) is 0.170. The monoisotopic (exact) mass is 726 g/mol. The van der Waals surface area contributed by atoms with Gasteiger partial charge in [0.05, 0.1) is 33.1 Å². The van der Waals surface area contributed by atoms with Crippen molar-refractivity contribution in [3.05, 3.63) is 182 Å². The Morgan fingerprint density at radius 3 is 1.53 bits per heavy atom. The van der Waals surface area contributed by atoms with E-state index in [0.717, 1.165) is 99.3 Å². The predicted octanol–water partition coefficient (Wildman–Crippen LogP) is 13.7. The standard InChI is InChI=1S/C52H30N4O/c1-2-14-31(15-3-1)49-52(54-51-40-22-7-5-17-34(40)33-16-4-6-21-39(33)50(51)53-49)56-44-24-12-9-19-36(44)42-29-45-41(30-46(42)56)35-18-8-11-23-43(35)55(45)32-26-27-38-37-20-10-13-25-47(37)57-48(38)28-32/h1-30H. The summed E-state index contributed by atoms with van der Waals surface area (Å²) < 4.78 is 11.1. The minimum Gasteiger partial charge on any atom is -0.456 e. The summed E-state index contributed by atoms with van der Waals surface area (Å²) in [6.07, 6.45) is 0. The first kappa shape index (κ1) is 30.6. The molecule has 0 spiro atoms. The molecule has 0 bridgehead atoms. The molecule has 4 aromatic heterocycles. The van der Waals surface area contributed by atoms with Gasteiger partial charge in [-0.3, -0.25) is 4.57 Å². The van der Waals surface area contributed by atoms with E-state index in [0.29, 0.717) is 0 Å². The van der Waals surface area contributed by atoms with Gasteiger partial charge < -0.3 is 8.98 Å². The van der Waals surface area contributed by atoms with Crippen molar-refractivity contribution in [2.45, 2.75) is 0 Å². The average molecular weight is 727 g/mol. The lowest BCUT2D eigenvalue weighted by molar-refractivity contribution is 0.668. The molecule has 5 heteroatoms. The molecule has 13 rings (SSSR count). The van der Waals surface area contributed by atoms with E-state index < -0.39 is 0 Å². The second kappa shape index (κ2) is 11.4. The van der Waals surface area contributed by atoms with E-state index >= 15 is 0 Å². The molecule has 0 N–H and O–H groups in total. The first-order valence-electron chi connectivity index (χ1n) is 19.3. The molecule has 0 radical (unpaired) electrons. The molecular formula is C52H30N4O. The summed E-state index contributed by atoms with van der Waals surface area (Å²) in [7, 11) is 0. The molecule has 0 amide bonds. The van der Waals surface area contributed by atoms with Gasteiger partial charge in [-0.25, -0.2) is 9.97 Å². The topological polar surface area (TPSA) is 48.8 Å². The Morgan fingerprint density at radius 2 is 0.842 bits per heavy atom. The zero-order valence-corrected chi connectivity index (χ0v) is 30.5. The van der Waals surface area contributed by atoms with E-state index in [1.54, 1.807) is 0 Å². The van der Waals surface area contributed by atoms with Crippen LogP contribution >= 0.6 is 0 Å². The van der Waals surface area contributed by atoms with Gasteiger partial charge in [0.15, 0.2) is 5.82 Å². The molecule has 264 valence electrons. The van der Waals surface area contributed by atoms with Crippen LogP contribution in [0.15, 0.2) is 186 Å². The highest BCUT2D eigenvalue weighted by atomic mass is 16.3. The van der Waals surface area contributed by atoms with Crippen molar-refractivity contribution in [1.82, 2.24) is 19.1 Å². The van der Waals surface area contributed by atoms with Crippen molar-refractivity contribution in [3.8, 4) is 22.8 Å². The molecule has 9 aromatic carbocycles. The molecule has 0 saturated heterocycles. The molecule has 0 aliphatic carbocycles. The molecule has 0 unspecified atom stereocenters. The first-order valence-corrected chi connectivity index (χ1v) is 19.3. The third-order valence-electron chi connectivity index (χ3n) is 11.9.